The maximum absolute atomic E-state index is 13.7. The van der Waals surface area contributed by atoms with Crippen molar-refractivity contribution in [3.05, 3.63) is 118 Å². The van der Waals surface area contributed by atoms with Crippen LogP contribution in [0.4, 0.5) is 19.4 Å². The summed E-state index contributed by atoms with van der Waals surface area (Å²) in [5, 5.41) is 23.9. The van der Waals surface area contributed by atoms with E-state index in [1.807, 2.05) is 0 Å². The number of aryl methyl sites for hydroxylation is 2. The number of aromatic nitrogens is 5. The van der Waals surface area contributed by atoms with Gasteiger partial charge in [-0.1, -0.05) is 27.6 Å². The number of hydrogen-bond donors (Lipinski definition) is 4. The molecule has 2 fully saturated rings. The van der Waals surface area contributed by atoms with Gasteiger partial charge in [0.1, 0.15) is 52.9 Å². The highest BCUT2D eigenvalue weighted by molar-refractivity contribution is 6.02. The van der Waals surface area contributed by atoms with Crippen LogP contribution in [0.1, 0.15) is 93.7 Å². The Morgan fingerprint density at radius 2 is 1.20 bits per heavy atom. The second kappa shape index (κ2) is 24.0. The molecule has 2 saturated heterocycles. The number of benzene rings is 2. The van der Waals surface area contributed by atoms with Crippen LogP contribution in [-0.2, 0) is 22.8 Å². The molecule has 0 bridgehead atoms. The minimum absolute atomic E-state index is 0. The summed E-state index contributed by atoms with van der Waals surface area (Å²) in [5.41, 5.74) is 4.39. The number of oxime groups is 2. The predicted octanol–water partition coefficient (Wildman–Crippen LogP) is 6.06. The Balaban J connectivity index is 0.000000211. The molecule has 4 amide bonds. The summed E-state index contributed by atoms with van der Waals surface area (Å²) in [4.78, 5) is 68.6. The van der Waals surface area contributed by atoms with Crippen molar-refractivity contribution in [2.24, 2.45) is 22.1 Å². The number of carbonyl (C=O) groups is 3. The number of carbonyl (C=O) groups excluding carboxylic acids is 3. The molecule has 7 heterocycles. The maximum Gasteiger partial charge on any atom is 0.323 e. The third kappa shape index (κ3) is 13.3. The van der Waals surface area contributed by atoms with E-state index in [-0.39, 0.29) is 78.4 Å². The molecule has 20 nitrogen and oxygen atoms in total. The average molecular weight is 1000 g/mol. The van der Waals surface area contributed by atoms with Gasteiger partial charge < -0.3 is 44.5 Å². The van der Waals surface area contributed by atoms with Crippen molar-refractivity contribution in [3.8, 4) is 11.5 Å². The lowest BCUT2D eigenvalue weighted by Crippen LogP contribution is -2.43. The van der Waals surface area contributed by atoms with Crippen molar-refractivity contribution in [2.45, 2.75) is 77.7 Å². The molecule has 2 atom stereocenters. The number of methoxy groups -OCH3 is 2. The van der Waals surface area contributed by atoms with Gasteiger partial charge in [-0.15, -0.1) is 12.4 Å². The number of nitrogens with zero attached hydrogens (tertiary/aromatic N) is 8. The van der Waals surface area contributed by atoms with Crippen LogP contribution < -0.4 is 30.7 Å². The second-order valence-electron chi connectivity index (χ2n) is 17.2. The number of likely N-dealkylation sites (tertiary alicyclic amines) is 1. The minimum atomic E-state index is -0.472. The zero-order valence-electron chi connectivity index (χ0n) is 39.6. The summed E-state index contributed by atoms with van der Waals surface area (Å²) >= 11 is 0. The van der Waals surface area contributed by atoms with E-state index in [1.165, 1.54) is 38.7 Å². The number of urea groups is 1. The van der Waals surface area contributed by atoms with E-state index in [9.17, 15) is 23.2 Å². The zero-order valence-corrected chi connectivity index (χ0v) is 40.4. The largest absolute Gasteiger partial charge is 0.494 e. The zero-order chi connectivity index (χ0) is 49.1. The monoisotopic (exact) mass is 1000 g/mol. The normalized spacial score (nSPS) is 17.8. The number of rotatable bonds is 13. The van der Waals surface area contributed by atoms with Gasteiger partial charge in [0.2, 0.25) is 0 Å². The van der Waals surface area contributed by atoms with Crippen LogP contribution in [0.3, 0.4) is 0 Å². The third-order valence-electron chi connectivity index (χ3n) is 12.4. The van der Waals surface area contributed by atoms with Crippen molar-refractivity contribution in [1.29, 1.82) is 0 Å². The highest BCUT2D eigenvalue weighted by atomic mass is 35.5. The fraction of sp³-hybridized carbons (Fsp3) is 0.417. The van der Waals surface area contributed by atoms with E-state index >= 15 is 0 Å². The smallest absolute Gasteiger partial charge is 0.323 e. The number of nitrogens with one attached hydrogen (secondary N) is 4. The fourth-order valence-electron chi connectivity index (χ4n) is 8.59. The highest BCUT2D eigenvalue weighted by Gasteiger charge is 2.35. The van der Waals surface area contributed by atoms with Gasteiger partial charge in [-0.25, -0.2) is 33.5 Å². The number of piperidine rings is 2. The van der Waals surface area contributed by atoms with E-state index in [2.05, 4.69) is 56.7 Å². The molecule has 71 heavy (non-hydrogen) atoms. The molecule has 0 radical (unpaired) electrons. The van der Waals surface area contributed by atoms with Crippen molar-refractivity contribution in [3.63, 3.8) is 0 Å². The van der Waals surface area contributed by atoms with Crippen LogP contribution in [0.15, 0.2) is 75.7 Å². The van der Waals surface area contributed by atoms with E-state index in [4.69, 9.17) is 23.7 Å². The minimum Gasteiger partial charge on any atom is -0.494 e. The molecule has 4 aliphatic rings. The summed E-state index contributed by atoms with van der Waals surface area (Å²) in [6, 6.07) is 13.5. The topological polar surface area (TPSA) is 242 Å². The molecular formula is C48H55ClF2N12O8. The van der Waals surface area contributed by atoms with Crippen molar-refractivity contribution in [2.75, 3.05) is 45.7 Å². The first-order valence-electron chi connectivity index (χ1n) is 23.0. The number of ether oxygens (including phenoxy) is 2. The quantitative estimate of drug-likeness (QED) is 0.105. The molecule has 23 heteroatoms. The molecule has 0 aliphatic carbocycles. The van der Waals surface area contributed by atoms with E-state index in [0.717, 1.165) is 50.0 Å². The predicted molar refractivity (Wildman–Crippen MR) is 256 cm³/mol. The molecule has 4 N–H and O–H groups in total. The molecule has 4 aliphatic heterocycles. The summed E-state index contributed by atoms with van der Waals surface area (Å²) < 4.78 is 41.9. The Morgan fingerprint density at radius 1 is 0.704 bits per heavy atom. The Bertz CT molecular complexity index is 2740. The van der Waals surface area contributed by atoms with E-state index < -0.39 is 17.5 Å². The Kier molecular flexibility index (Phi) is 17.4. The van der Waals surface area contributed by atoms with Gasteiger partial charge >= 0.3 is 6.03 Å². The van der Waals surface area contributed by atoms with E-state index in [0.29, 0.717) is 72.0 Å². The first kappa shape index (κ1) is 51.5. The lowest BCUT2D eigenvalue weighted by atomic mass is 9.88. The summed E-state index contributed by atoms with van der Waals surface area (Å²) in [6.07, 6.45) is 6.21. The van der Waals surface area contributed by atoms with Crippen molar-refractivity contribution >= 4 is 47.5 Å². The first-order chi connectivity index (χ1) is 33.9. The van der Waals surface area contributed by atoms with Gasteiger partial charge in [-0.3, -0.25) is 14.9 Å². The molecule has 2 unspecified atom stereocenters. The molecule has 0 saturated carbocycles. The Labute approximate surface area is 414 Å². The summed E-state index contributed by atoms with van der Waals surface area (Å²) in [5.74, 6) is 0.576. The average Bonchev–Trinajstić information content (AvgIpc) is 4.20. The van der Waals surface area contributed by atoms with Crippen molar-refractivity contribution < 1.29 is 46.8 Å². The lowest BCUT2D eigenvalue weighted by molar-refractivity contribution is 0.0191. The molecule has 3 aromatic heterocycles. The van der Waals surface area contributed by atoms with Crippen LogP contribution in [-0.4, -0.2) is 112 Å². The number of halogens is 3. The highest BCUT2D eigenvalue weighted by Crippen LogP contribution is 2.31. The van der Waals surface area contributed by atoms with Gasteiger partial charge in [0.25, 0.3) is 11.8 Å². The molecule has 9 rings (SSSR count). The molecular weight excluding hydrogens is 946 g/mol. The fourth-order valence-corrected chi connectivity index (χ4v) is 8.59. The Hall–Kier alpha value is -7.33. The van der Waals surface area contributed by atoms with Crippen LogP contribution in [0.5, 0.6) is 11.5 Å². The van der Waals surface area contributed by atoms with Gasteiger partial charge in [-0.2, -0.15) is 0 Å². The molecule has 376 valence electrons. The van der Waals surface area contributed by atoms with Crippen molar-refractivity contribution in [1.82, 2.24) is 45.9 Å². The molecule has 5 aromatic rings. The van der Waals surface area contributed by atoms with E-state index in [1.54, 1.807) is 55.1 Å². The number of amides is 4. The standard InChI is InChI=1S/C26H28FN7O5.C22H26FN5O3.ClH/c1-15-29-19(12-21(30-15)25(35)28-14-16-3-4-18(27)23(11-16)37-2)20-13-22(39-32-20)17-5-8-34(9-6-17)26(36)31-24-7-10-38-33-24;1-13-26-17(18-11-20(31-28-18)15-5-7-24-8-6-15)10-19(27-13)22(29)25-12-14-3-4-16(23)21(9-14)30-2;/h3-4,7,10-12,17,22H,5-6,8-9,13-14H2,1-2H3,(H,28,35)(H,31,33,36);3-4,9-10,15,20,24H,5-8,11-12H2,1-2H3,(H,25,29);1H. The summed E-state index contributed by atoms with van der Waals surface area (Å²) in [6.45, 7) is 7.00. The van der Waals surface area contributed by atoms with Gasteiger partial charge in [0, 0.05) is 56.9 Å². The number of anilines is 1. The van der Waals surface area contributed by atoms with Gasteiger partial charge in [0.05, 0.1) is 25.6 Å². The second-order valence-corrected chi connectivity index (χ2v) is 17.2. The first-order valence-corrected chi connectivity index (χ1v) is 23.0. The van der Waals surface area contributed by atoms with Crippen LogP contribution >= 0.6 is 12.4 Å². The van der Waals surface area contributed by atoms with Gasteiger partial charge in [-0.05, 0) is 100 Å². The van der Waals surface area contributed by atoms with Crippen LogP contribution in [0.2, 0.25) is 0 Å². The number of hydrogen-bond acceptors (Lipinski definition) is 16. The maximum atomic E-state index is 13.7. The Morgan fingerprint density at radius 3 is 1.66 bits per heavy atom. The lowest BCUT2D eigenvalue weighted by Gasteiger charge is -2.33. The molecule has 0 spiro atoms. The van der Waals surface area contributed by atoms with Crippen LogP contribution in [0.25, 0.3) is 0 Å². The van der Waals surface area contributed by atoms with Gasteiger partial charge in [0.15, 0.2) is 29.0 Å². The summed E-state index contributed by atoms with van der Waals surface area (Å²) in [7, 11) is 2.78. The molecule has 2 aromatic carbocycles. The third-order valence-corrected chi connectivity index (χ3v) is 12.4. The van der Waals surface area contributed by atoms with Crippen LogP contribution in [0, 0.1) is 37.3 Å². The SMILES string of the molecule is COc1cc(CNC(=O)c2cc(C3=NOC(C4CCN(C(=O)Nc5ccon5)CC4)C3)nc(C)n2)ccc1F.COc1cc(CNC(=O)c2cc(C3=NOC(C4CCNCC4)C3)nc(C)n2)ccc1F.Cl.